The Morgan fingerprint density at radius 1 is 1.14 bits per heavy atom. The number of aromatic nitrogens is 4. The molecule has 152 valence electrons. The van der Waals surface area contributed by atoms with Crippen LogP contribution in [0.5, 0.6) is 0 Å². The zero-order valence-corrected chi connectivity index (χ0v) is 17.0. The van der Waals surface area contributed by atoms with Crippen molar-refractivity contribution in [2.24, 2.45) is 0 Å². The van der Waals surface area contributed by atoms with E-state index in [1.807, 2.05) is 4.90 Å². The lowest BCUT2D eigenvalue weighted by Crippen LogP contribution is -2.50. The highest BCUT2D eigenvalue weighted by molar-refractivity contribution is 7.10. The molecule has 1 aliphatic carbocycles. The number of thiophene rings is 1. The molecule has 0 N–H and O–H groups in total. The molecule has 8 nitrogen and oxygen atoms in total. The van der Waals surface area contributed by atoms with E-state index < -0.39 is 0 Å². The molecule has 3 aromatic rings. The van der Waals surface area contributed by atoms with Crippen molar-refractivity contribution in [1.82, 2.24) is 30.0 Å². The number of amides is 1. The van der Waals surface area contributed by atoms with Crippen molar-refractivity contribution in [2.45, 2.75) is 37.8 Å². The molecule has 1 aliphatic heterocycles. The highest BCUT2D eigenvalue weighted by atomic mass is 32.1. The van der Waals surface area contributed by atoms with Gasteiger partial charge in [0.15, 0.2) is 11.6 Å². The van der Waals surface area contributed by atoms with Crippen LogP contribution in [-0.2, 0) is 0 Å². The van der Waals surface area contributed by atoms with Gasteiger partial charge in [0.25, 0.3) is 5.91 Å². The number of tetrazole rings is 1. The first-order chi connectivity index (χ1) is 14.3. The molecule has 5 rings (SSSR count). The van der Waals surface area contributed by atoms with Gasteiger partial charge >= 0.3 is 0 Å². The van der Waals surface area contributed by atoms with E-state index in [-0.39, 0.29) is 11.9 Å². The van der Waals surface area contributed by atoms with Gasteiger partial charge in [-0.2, -0.15) is 0 Å². The number of carbonyl (C=O) groups is 1. The number of furan rings is 1. The third-order valence-electron chi connectivity index (χ3n) is 5.94. The fourth-order valence-electron chi connectivity index (χ4n) is 4.45. The van der Waals surface area contributed by atoms with Crippen molar-refractivity contribution >= 4 is 17.2 Å². The van der Waals surface area contributed by atoms with Gasteiger partial charge in [-0.05, 0) is 46.8 Å². The zero-order valence-electron chi connectivity index (χ0n) is 16.2. The fourth-order valence-corrected chi connectivity index (χ4v) is 5.30. The summed E-state index contributed by atoms with van der Waals surface area (Å²) in [6, 6.07) is 8.12. The van der Waals surface area contributed by atoms with E-state index in [1.165, 1.54) is 17.7 Å². The summed E-state index contributed by atoms with van der Waals surface area (Å²) in [6.45, 7) is 2.86. The van der Waals surface area contributed by atoms with Gasteiger partial charge < -0.3 is 9.32 Å². The fraction of sp³-hybridized carbons (Fsp3) is 0.500. The van der Waals surface area contributed by atoms with Crippen molar-refractivity contribution in [3.05, 3.63) is 52.4 Å². The van der Waals surface area contributed by atoms with Gasteiger partial charge in [0, 0.05) is 31.1 Å². The van der Waals surface area contributed by atoms with Crippen LogP contribution in [0.25, 0.3) is 0 Å². The van der Waals surface area contributed by atoms with Crippen LogP contribution in [0.1, 0.15) is 59.0 Å². The summed E-state index contributed by atoms with van der Waals surface area (Å²) in [5.74, 6) is 1.28. The summed E-state index contributed by atoms with van der Waals surface area (Å²) in [6.07, 6.45) is 6.29. The van der Waals surface area contributed by atoms with Gasteiger partial charge in [-0.3, -0.25) is 9.69 Å². The maximum atomic E-state index is 12.6. The Kier molecular flexibility index (Phi) is 5.15. The molecule has 0 spiro atoms. The SMILES string of the molecule is O=C(c1ccco1)N1CCN([C@@H](c2cccs2)c2nnnn2C2CCCC2)CC1. The Balaban J connectivity index is 1.37. The second kappa shape index (κ2) is 8.08. The topological polar surface area (TPSA) is 80.3 Å². The summed E-state index contributed by atoms with van der Waals surface area (Å²) >= 11 is 1.73. The van der Waals surface area contributed by atoms with E-state index in [0.717, 1.165) is 31.8 Å². The summed E-state index contributed by atoms with van der Waals surface area (Å²) in [4.78, 5) is 18.1. The monoisotopic (exact) mass is 412 g/mol. The highest BCUT2D eigenvalue weighted by Crippen LogP contribution is 2.35. The maximum Gasteiger partial charge on any atom is 0.289 e. The molecule has 2 aliphatic rings. The molecule has 0 unspecified atom stereocenters. The quantitative estimate of drug-likeness (QED) is 0.641. The standard InChI is InChI=1S/C20H24N6O2S/c27-20(16-7-3-13-28-16)25-11-9-24(10-12-25)18(17-8-4-14-29-17)19-21-22-23-26(19)15-5-1-2-6-15/h3-4,7-8,13-15,18H,1-2,5-6,9-12H2/t18-/m0/s1. The normalized spacial score (nSPS) is 19.7. The Morgan fingerprint density at radius 2 is 1.97 bits per heavy atom. The van der Waals surface area contributed by atoms with E-state index >= 15 is 0 Å². The lowest BCUT2D eigenvalue weighted by molar-refractivity contribution is 0.0560. The minimum Gasteiger partial charge on any atom is -0.459 e. The van der Waals surface area contributed by atoms with Crippen LogP contribution in [0.3, 0.4) is 0 Å². The van der Waals surface area contributed by atoms with E-state index in [9.17, 15) is 4.79 Å². The van der Waals surface area contributed by atoms with Crippen LogP contribution in [-0.4, -0.2) is 62.1 Å². The van der Waals surface area contributed by atoms with Crippen LogP contribution in [0.2, 0.25) is 0 Å². The molecule has 9 heteroatoms. The first kappa shape index (κ1) is 18.5. The average Bonchev–Trinajstić information content (AvgIpc) is 3.56. The largest absolute Gasteiger partial charge is 0.459 e. The third kappa shape index (κ3) is 3.60. The van der Waals surface area contributed by atoms with Crippen LogP contribution < -0.4 is 0 Å². The molecule has 1 saturated heterocycles. The second-order valence-corrected chi connectivity index (χ2v) is 8.62. The van der Waals surface area contributed by atoms with Gasteiger partial charge in [-0.15, -0.1) is 16.4 Å². The molecular weight excluding hydrogens is 388 g/mol. The molecule has 0 radical (unpaired) electrons. The maximum absolute atomic E-state index is 12.6. The predicted molar refractivity (Wildman–Crippen MR) is 108 cm³/mol. The molecule has 4 heterocycles. The van der Waals surface area contributed by atoms with E-state index in [2.05, 4.69) is 42.6 Å². The Hall–Kier alpha value is -2.52. The summed E-state index contributed by atoms with van der Waals surface area (Å²) < 4.78 is 7.33. The number of rotatable bonds is 5. The van der Waals surface area contributed by atoms with Crippen LogP contribution in [0.4, 0.5) is 0 Å². The van der Waals surface area contributed by atoms with Gasteiger partial charge in [0.2, 0.25) is 0 Å². The van der Waals surface area contributed by atoms with Crippen molar-refractivity contribution in [3.8, 4) is 0 Å². The number of hydrogen-bond donors (Lipinski definition) is 0. The van der Waals surface area contributed by atoms with Gasteiger partial charge in [0.05, 0.1) is 12.3 Å². The minimum atomic E-state index is -0.0434. The van der Waals surface area contributed by atoms with Crippen molar-refractivity contribution < 1.29 is 9.21 Å². The number of carbonyl (C=O) groups excluding carboxylic acids is 1. The molecule has 0 aromatic carbocycles. The summed E-state index contributed by atoms with van der Waals surface area (Å²) in [7, 11) is 0. The molecule has 2 fully saturated rings. The van der Waals surface area contributed by atoms with E-state index in [0.29, 0.717) is 24.9 Å². The van der Waals surface area contributed by atoms with Crippen molar-refractivity contribution in [2.75, 3.05) is 26.2 Å². The van der Waals surface area contributed by atoms with Gasteiger partial charge in [0.1, 0.15) is 6.04 Å². The molecule has 1 saturated carbocycles. The van der Waals surface area contributed by atoms with Gasteiger partial charge in [-0.1, -0.05) is 18.9 Å². The van der Waals surface area contributed by atoms with Crippen LogP contribution >= 0.6 is 11.3 Å². The van der Waals surface area contributed by atoms with E-state index in [4.69, 9.17) is 4.42 Å². The minimum absolute atomic E-state index is 0.0199. The number of hydrogen-bond acceptors (Lipinski definition) is 7. The van der Waals surface area contributed by atoms with Gasteiger partial charge in [-0.25, -0.2) is 4.68 Å². The third-order valence-corrected chi connectivity index (χ3v) is 6.87. The van der Waals surface area contributed by atoms with Crippen LogP contribution in [0, 0.1) is 0 Å². The first-order valence-corrected chi connectivity index (χ1v) is 11.1. The predicted octanol–water partition coefficient (Wildman–Crippen LogP) is 2.99. The molecular formula is C20H24N6O2S. The zero-order chi connectivity index (χ0) is 19.6. The molecule has 3 aromatic heterocycles. The molecule has 29 heavy (non-hydrogen) atoms. The van der Waals surface area contributed by atoms with Crippen molar-refractivity contribution in [1.29, 1.82) is 0 Å². The smallest absolute Gasteiger partial charge is 0.289 e. The molecule has 1 atom stereocenters. The van der Waals surface area contributed by atoms with Crippen molar-refractivity contribution in [3.63, 3.8) is 0 Å². The Labute approximate surface area is 173 Å². The lowest BCUT2D eigenvalue weighted by Gasteiger charge is -2.38. The number of piperazine rings is 1. The summed E-state index contributed by atoms with van der Waals surface area (Å²) in [5.41, 5.74) is 0. The molecule has 0 bridgehead atoms. The average molecular weight is 413 g/mol. The molecule has 1 amide bonds. The Bertz CT molecular complexity index is 924. The highest BCUT2D eigenvalue weighted by Gasteiger charge is 2.34. The first-order valence-electron chi connectivity index (χ1n) is 10.2. The summed E-state index contributed by atoms with van der Waals surface area (Å²) in [5, 5.41) is 14.9. The lowest BCUT2D eigenvalue weighted by atomic mass is 10.1. The van der Waals surface area contributed by atoms with E-state index in [1.54, 1.807) is 29.7 Å². The second-order valence-electron chi connectivity index (χ2n) is 7.64. The number of nitrogens with zero attached hydrogens (tertiary/aromatic N) is 6. The van der Waals surface area contributed by atoms with Crippen LogP contribution in [0.15, 0.2) is 40.3 Å². The Morgan fingerprint density at radius 3 is 2.66 bits per heavy atom.